The van der Waals surface area contributed by atoms with E-state index in [1.54, 1.807) is 7.11 Å². The zero-order valence-electron chi connectivity index (χ0n) is 10.4. The highest BCUT2D eigenvalue weighted by Crippen LogP contribution is 2.27. The van der Waals surface area contributed by atoms with Crippen LogP contribution in [0.1, 0.15) is 12.8 Å². The molecule has 92 valence electrons. The Balaban J connectivity index is 1.96. The summed E-state index contributed by atoms with van der Waals surface area (Å²) in [4.78, 5) is 4.45. The molecule has 0 unspecified atom stereocenters. The van der Waals surface area contributed by atoms with Crippen LogP contribution in [-0.4, -0.2) is 18.1 Å². The van der Waals surface area contributed by atoms with E-state index in [0.29, 0.717) is 6.04 Å². The van der Waals surface area contributed by atoms with Crippen molar-refractivity contribution in [3.63, 3.8) is 0 Å². The molecular weight excluding hydrogens is 224 g/mol. The van der Waals surface area contributed by atoms with E-state index >= 15 is 0 Å². The number of ether oxygens (including phenoxy) is 1. The third-order valence-electron chi connectivity index (χ3n) is 3.32. The molecule has 0 saturated carbocycles. The van der Waals surface area contributed by atoms with E-state index in [4.69, 9.17) is 4.74 Å². The monoisotopic (exact) mass is 240 g/mol. The molecule has 1 heterocycles. The quantitative estimate of drug-likeness (QED) is 0.835. The molecule has 0 saturated heterocycles. The number of nitrogens with one attached hydrogen (secondary N) is 1. The first kappa shape index (κ1) is 11.1. The lowest BCUT2D eigenvalue weighted by molar-refractivity contribution is 0.415. The highest BCUT2D eigenvalue weighted by Gasteiger charge is 2.12. The maximum absolute atomic E-state index is 5.24. The Morgan fingerprint density at radius 3 is 2.83 bits per heavy atom. The van der Waals surface area contributed by atoms with E-state index in [2.05, 4.69) is 28.5 Å². The maximum Gasteiger partial charge on any atom is 0.134 e. The van der Waals surface area contributed by atoms with Gasteiger partial charge in [0.1, 0.15) is 11.6 Å². The van der Waals surface area contributed by atoms with Crippen molar-refractivity contribution >= 4 is 16.6 Å². The fraction of sp³-hybridized carbons (Fsp3) is 0.267. The van der Waals surface area contributed by atoms with Crippen LogP contribution in [0, 0.1) is 0 Å². The molecule has 0 aliphatic heterocycles. The Kier molecular flexibility index (Phi) is 2.89. The van der Waals surface area contributed by atoms with Gasteiger partial charge in [0.25, 0.3) is 0 Å². The second-order valence-corrected chi connectivity index (χ2v) is 4.53. The fourth-order valence-corrected chi connectivity index (χ4v) is 2.33. The molecule has 1 aromatic heterocycles. The largest absolute Gasteiger partial charge is 0.497 e. The van der Waals surface area contributed by atoms with Crippen molar-refractivity contribution in [2.45, 2.75) is 18.9 Å². The van der Waals surface area contributed by atoms with Gasteiger partial charge in [0.2, 0.25) is 0 Å². The molecule has 0 amide bonds. The van der Waals surface area contributed by atoms with Gasteiger partial charge in [0, 0.05) is 17.6 Å². The molecule has 1 aromatic carbocycles. The summed E-state index contributed by atoms with van der Waals surface area (Å²) < 4.78 is 5.24. The molecule has 3 heteroatoms. The van der Waals surface area contributed by atoms with Gasteiger partial charge in [-0.05, 0) is 42.5 Å². The summed E-state index contributed by atoms with van der Waals surface area (Å²) in [6.45, 7) is 0. The molecule has 3 nitrogen and oxygen atoms in total. The van der Waals surface area contributed by atoms with Gasteiger partial charge in [-0.25, -0.2) is 4.98 Å². The second-order valence-electron chi connectivity index (χ2n) is 4.53. The van der Waals surface area contributed by atoms with Crippen molar-refractivity contribution in [1.82, 2.24) is 4.98 Å². The Hall–Kier alpha value is -2.03. The predicted octanol–water partition coefficient (Wildman–Crippen LogP) is 3.37. The van der Waals surface area contributed by atoms with Crippen LogP contribution in [0.15, 0.2) is 42.6 Å². The number of hydrogen-bond acceptors (Lipinski definition) is 3. The van der Waals surface area contributed by atoms with Crippen molar-refractivity contribution in [2.75, 3.05) is 12.4 Å². The van der Waals surface area contributed by atoms with Crippen LogP contribution in [0.25, 0.3) is 10.8 Å². The van der Waals surface area contributed by atoms with Crippen molar-refractivity contribution in [3.8, 4) is 5.75 Å². The predicted molar refractivity (Wildman–Crippen MR) is 74.1 cm³/mol. The van der Waals surface area contributed by atoms with E-state index in [9.17, 15) is 0 Å². The van der Waals surface area contributed by atoms with Gasteiger partial charge < -0.3 is 10.1 Å². The highest BCUT2D eigenvalue weighted by atomic mass is 16.5. The third kappa shape index (κ3) is 2.04. The first-order valence-corrected chi connectivity index (χ1v) is 6.21. The normalized spacial score (nSPS) is 15.2. The van der Waals surface area contributed by atoms with Crippen molar-refractivity contribution in [3.05, 3.63) is 42.6 Å². The van der Waals surface area contributed by atoms with Gasteiger partial charge in [-0.2, -0.15) is 0 Å². The van der Waals surface area contributed by atoms with Crippen LogP contribution < -0.4 is 10.1 Å². The minimum atomic E-state index is 0.477. The number of nitrogens with zero attached hydrogens (tertiary/aromatic N) is 1. The average Bonchev–Trinajstić information content (AvgIpc) is 2.91. The van der Waals surface area contributed by atoms with Crippen LogP contribution in [0.2, 0.25) is 0 Å². The Morgan fingerprint density at radius 1 is 1.22 bits per heavy atom. The molecular formula is C15H16N2O. The Bertz CT molecular complexity index is 584. The molecule has 1 aliphatic carbocycles. The fourth-order valence-electron chi connectivity index (χ4n) is 2.33. The second kappa shape index (κ2) is 4.69. The first-order valence-electron chi connectivity index (χ1n) is 6.21. The van der Waals surface area contributed by atoms with E-state index in [1.165, 1.54) is 0 Å². The van der Waals surface area contributed by atoms with Crippen LogP contribution in [0.5, 0.6) is 5.75 Å². The lowest BCUT2D eigenvalue weighted by atomic mass is 10.1. The van der Waals surface area contributed by atoms with E-state index in [-0.39, 0.29) is 0 Å². The molecule has 0 bridgehead atoms. The number of methoxy groups -OCH3 is 1. The minimum Gasteiger partial charge on any atom is -0.497 e. The lowest BCUT2D eigenvalue weighted by Gasteiger charge is -2.14. The number of anilines is 1. The standard InChI is InChI=1S/C15H16N2O/c1-18-13-6-7-14-11(10-13)8-9-16-15(14)17-12-4-2-3-5-12/h2-3,6-10,12H,4-5H2,1H3,(H,16,17). The third-order valence-corrected chi connectivity index (χ3v) is 3.32. The molecule has 0 radical (unpaired) electrons. The van der Waals surface area contributed by atoms with Gasteiger partial charge >= 0.3 is 0 Å². The number of benzene rings is 1. The summed E-state index contributed by atoms with van der Waals surface area (Å²) in [6, 6.07) is 8.56. The number of fused-ring (bicyclic) bond motifs is 1. The molecule has 1 N–H and O–H groups in total. The van der Waals surface area contributed by atoms with Crippen molar-refractivity contribution in [1.29, 1.82) is 0 Å². The summed E-state index contributed by atoms with van der Waals surface area (Å²) in [5.74, 6) is 1.84. The van der Waals surface area contributed by atoms with Gasteiger partial charge in [0.05, 0.1) is 7.11 Å². The SMILES string of the molecule is COc1ccc2c(NC3CC=CC3)nccc2c1. The van der Waals surface area contributed by atoms with Gasteiger partial charge in [-0.15, -0.1) is 0 Å². The highest BCUT2D eigenvalue weighted by molar-refractivity contribution is 5.92. The average molecular weight is 240 g/mol. The zero-order chi connectivity index (χ0) is 12.4. The zero-order valence-corrected chi connectivity index (χ0v) is 10.4. The number of pyridine rings is 1. The molecule has 0 fully saturated rings. The smallest absolute Gasteiger partial charge is 0.134 e. The van der Waals surface area contributed by atoms with E-state index < -0.39 is 0 Å². The minimum absolute atomic E-state index is 0.477. The topological polar surface area (TPSA) is 34.1 Å². The van der Waals surface area contributed by atoms with E-state index in [0.717, 1.165) is 35.2 Å². The molecule has 0 spiro atoms. The molecule has 2 aromatic rings. The number of aromatic nitrogens is 1. The molecule has 3 rings (SSSR count). The lowest BCUT2D eigenvalue weighted by Crippen LogP contribution is -2.16. The summed E-state index contributed by atoms with van der Waals surface area (Å²) >= 11 is 0. The Morgan fingerprint density at radius 2 is 2.06 bits per heavy atom. The van der Waals surface area contributed by atoms with Gasteiger partial charge in [-0.1, -0.05) is 12.2 Å². The van der Waals surface area contributed by atoms with Crippen molar-refractivity contribution in [2.24, 2.45) is 0 Å². The summed E-state index contributed by atoms with van der Waals surface area (Å²) in [5, 5.41) is 5.80. The van der Waals surface area contributed by atoms with Crippen LogP contribution in [0.3, 0.4) is 0 Å². The number of rotatable bonds is 3. The van der Waals surface area contributed by atoms with Crippen LogP contribution in [-0.2, 0) is 0 Å². The van der Waals surface area contributed by atoms with Crippen LogP contribution >= 0.6 is 0 Å². The molecule has 18 heavy (non-hydrogen) atoms. The van der Waals surface area contributed by atoms with Gasteiger partial charge in [-0.3, -0.25) is 0 Å². The summed E-state index contributed by atoms with van der Waals surface area (Å²) in [5.41, 5.74) is 0. The Labute approximate surface area is 106 Å². The van der Waals surface area contributed by atoms with Gasteiger partial charge in [0.15, 0.2) is 0 Å². The maximum atomic E-state index is 5.24. The van der Waals surface area contributed by atoms with E-state index in [1.807, 2.05) is 24.4 Å². The summed E-state index contributed by atoms with van der Waals surface area (Å²) in [7, 11) is 1.69. The summed E-state index contributed by atoms with van der Waals surface area (Å²) in [6.07, 6.45) is 8.42. The molecule has 0 atom stereocenters. The van der Waals surface area contributed by atoms with Crippen molar-refractivity contribution < 1.29 is 4.74 Å². The first-order chi connectivity index (χ1) is 8.86. The molecule has 1 aliphatic rings. The number of hydrogen-bond donors (Lipinski definition) is 1. The van der Waals surface area contributed by atoms with Crippen LogP contribution in [0.4, 0.5) is 5.82 Å².